The van der Waals surface area contributed by atoms with E-state index >= 15 is 0 Å². The van der Waals surface area contributed by atoms with Crippen LogP contribution >= 0.6 is 11.3 Å². The summed E-state index contributed by atoms with van der Waals surface area (Å²) in [7, 11) is 5.36. The van der Waals surface area contributed by atoms with E-state index in [-0.39, 0.29) is 11.5 Å². The van der Waals surface area contributed by atoms with Crippen LogP contribution in [0.25, 0.3) is 6.08 Å². The van der Waals surface area contributed by atoms with Crippen LogP contribution in [0.3, 0.4) is 0 Å². The normalized spacial score (nSPS) is 15.2. The van der Waals surface area contributed by atoms with Gasteiger partial charge in [0.2, 0.25) is 0 Å². The Labute approximate surface area is 217 Å². The quantitative estimate of drug-likeness (QED) is 0.425. The van der Waals surface area contributed by atoms with Gasteiger partial charge in [-0.25, -0.2) is 4.99 Å². The molecule has 8 nitrogen and oxygen atoms in total. The number of hydrogen-bond donors (Lipinski definition) is 1. The third-order valence-electron chi connectivity index (χ3n) is 6.06. The Hall–Kier alpha value is -4.37. The molecule has 1 atom stereocenters. The summed E-state index contributed by atoms with van der Waals surface area (Å²) in [4.78, 5) is 34.4. The number of amides is 1. The van der Waals surface area contributed by atoms with E-state index in [2.05, 4.69) is 10.3 Å². The number of thiazole rings is 1. The van der Waals surface area contributed by atoms with Crippen molar-refractivity contribution in [2.75, 3.05) is 31.4 Å². The molecule has 0 bridgehead atoms. The average molecular weight is 515 g/mol. The van der Waals surface area contributed by atoms with Gasteiger partial charge in [-0.15, -0.1) is 0 Å². The van der Waals surface area contributed by atoms with Crippen LogP contribution in [0, 0.1) is 0 Å². The molecular formula is C28H26N4O4S. The van der Waals surface area contributed by atoms with E-state index in [0.717, 1.165) is 5.56 Å². The molecule has 1 aliphatic rings. The minimum atomic E-state index is -0.665. The second-order valence-electron chi connectivity index (χ2n) is 8.75. The van der Waals surface area contributed by atoms with Crippen LogP contribution in [0.5, 0.6) is 5.75 Å². The van der Waals surface area contributed by atoms with E-state index in [4.69, 9.17) is 9.15 Å². The lowest BCUT2D eigenvalue weighted by molar-refractivity contribution is -0.113. The molecule has 5 rings (SSSR count). The van der Waals surface area contributed by atoms with Gasteiger partial charge in [0.1, 0.15) is 11.5 Å². The van der Waals surface area contributed by atoms with Gasteiger partial charge < -0.3 is 19.4 Å². The maximum Gasteiger partial charge on any atom is 0.271 e. The molecule has 0 radical (unpaired) electrons. The van der Waals surface area contributed by atoms with Crippen LogP contribution in [0.4, 0.5) is 11.6 Å². The second-order valence-corrected chi connectivity index (χ2v) is 9.75. The highest BCUT2D eigenvalue weighted by molar-refractivity contribution is 7.07. The summed E-state index contributed by atoms with van der Waals surface area (Å²) in [5.74, 6) is 1.62. The van der Waals surface area contributed by atoms with E-state index in [9.17, 15) is 9.59 Å². The first kappa shape index (κ1) is 24.3. The fraction of sp³-hybridized carbons (Fsp3) is 0.179. The van der Waals surface area contributed by atoms with E-state index in [1.807, 2.05) is 85.7 Å². The van der Waals surface area contributed by atoms with Crippen LogP contribution in [-0.4, -0.2) is 31.7 Å². The van der Waals surface area contributed by atoms with Crippen LogP contribution < -0.4 is 29.8 Å². The molecule has 0 unspecified atom stereocenters. The predicted octanol–water partition coefficient (Wildman–Crippen LogP) is 3.54. The van der Waals surface area contributed by atoms with Crippen molar-refractivity contribution in [2.45, 2.75) is 13.0 Å². The number of carbonyl (C=O) groups is 1. The van der Waals surface area contributed by atoms with E-state index in [1.165, 1.54) is 11.3 Å². The molecule has 0 aliphatic carbocycles. The lowest BCUT2D eigenvalue weighted by Gasteiger charge is -2.25. The Kier molecular flexibility index (Phi) is 6.54. The van der Waals surface area contributed by atoms with E-state index in [0.29, 0.717) is 43.7 Å². The number of benzene rings is 2. The smallest absolute Gasteiger partial charge is 0.271 e. The third kappa shape index (κ3) is 4.73. The summed E-state index contributed by atoms with van der Waals surface area (Å²) in [6, 6.07) is 19.6. The highest BCUT2D eigenvalue weighted by Gasteiger charge is 2.32. The van der Waals surface area contributed by atoms with Gasteiger partial charge in [0.25, 0.3) is 11.5 Å². The zero-order valence-electron chi connectivity index (χ0n) is 20.9. The second kappa shape index (κ2) is 9.94. The highest BCUT2D eigenvalue weighted by Crippen LogP contribution is 2.31. The van der Waals surface area contributed by atoms with Gasteiger partial charge in [0, 0.05) is 31.9 Å². The number of anilines is 2. The fourth-order valence-electron chi connectivity index (χ4n) is 4.22. The SMILES string of the molecule is COc1ccc([C@H]2C(C(=O)Nc3ccccc3)=C(C)N=c3s/c(=C/c4ccc(N(C)C)o4)c(=O)n32)cc1. The Bertz CT molecular complexity index is 1660. The fourth-order valence-corrected chi connectivity index (χ4v) is 5.25. The molecule has 4 aromatic rings. The van der Waals surface area contributed by atoms with Crippen molar-refractivity contribution in [3.8, 4) is 5.75 Å². The molecule has 9 heteroatoms. The molecule has 0 saturated carbocycles. The van der Waals surface area contributed by atoms with Gasteiger partial charge in [-0.05, 0) is 42.8 Å². The molecule has 37 heavy (non-hydrogen) atoms. The lowest BCUT2D eigenvalue weighted by Crippen LogP contribution is -2.40. The number of fused-ring (bicyclic) bond motifs is 1. The zero-order chi connectivity index (χ0) is 26.1. The van der Waals surface area contributed by atoms with Gasteiger partial charge in [-0.1, -0.05) is 41.7 Å². The largest absolute Gasteiger partial charge is 0.497 e. The predicted molar refractivity (Wildman–Crippen MR) is 145 cm³/mol. The lowest BCUT2D eigenvalue weighted by atomic mass is 9.95. The van der Waals surface area contributed by atoms with E-state index < -0.39 is 6.04 Å². The number of hydrogen-bond acceptors (Lipinski definition) is 7. The van der Waals surface area contributed by atoms with Gasteiger partial charge in [-0.3, -0.25) is 14.2 Å². The summed E-state index contributed by atoms with van der Waals surface area (Å²) in [6.45, 7) is 1.80. The molecule has 1 aliphatic heterocycles. The number of nitrogens with zero attached hydrogens (tertiary/aromatic N) is 3. The number of allylic oxidation sites excluding steroid dienone is 1. The molecule has 188 valence electrons. The van der Waals surface area contributed by atoms with Gasteiger partial charge in [-0.2, -0.15) is 0 Å². The molecule has 0 fully saturated rings. The first-order valence-corrected chi connectivity index (χ1v) is 12.5. The minimum absolute atomic E-state index is 0.245. The molecular weight excluding hydrogens is 488 g/mol. The summed E-state index contributed by atoms with van der Waals surface area (Å²) >= 11 is 1.27. The maximum absolute atomic E-state index is 13.7. The van der Waals surface area contributed by atoms with Gasteiger partial charge in [0.05, 0.1) is 29.0 Å². The Morgan fingerprint density at radius 2 is 1.84 bits per heavy atom. The van der Waals surface area contributed by atoms with Crippen molar-refractivity contribution in [2.24, 2.45) is 4.99 Å². The van der Waals surface area contributed by atoms with Crippen molar-refractivity contribution < 1.29 is 13.9 Å². The number of ether oxygens (including phenoxy) is 1. The Morgan fingerprint density at radius 3 is 2.49 bits per heavy atom. The molecule has 0 spiro atoms. The Morgan fingerprint density at radius 1 is 1.11 bits per heavy atom. The van der Waals surface area contributed by atoms with Crippen molar-refractivity contribution in [1.82, 2.24) is 4.57 Å². The Balaban J connectivity index is 1.65. The van der Waals surface area contributed by atoms with Crippen LogP contribution in [0.15, 0.2) is 92.2 Å². The average Bonchev–Trinajstić information content (AvgIpc) is 3.48. The summed E-state index contributed by atoms with van der Waals surface area (Å²) < 4.78 is 13.2. The minimum Gasteiger partial charge on any atom is -0.497 e. The summed E-state index contributed by atoms with van der Waals surface area (Å²) in [5.41, 5.74) is 2.14. The topological polar surface area (TPSA) is 89.1 Å². The number of nitrogens with one attached hydrogen (secondary N) is 1. The standard InChI is InChI=1S/C28H26N4O4S/c1-17-24(26(33)30-19-8-6-5-7-9-19)25(18-10-12-20(35-4)13-11-18)32-27(34)22(37-28(32)29-17)16-21-14-15-23(36-21)31(2)3/h5-16,25H,1-4H3,(H,30,33)/b22-16+/t25-/m0/s1. The molecule has 2 aromatic carbocycles. The van der Waals surface area contributed by atoms with Gasteiger partial charge in [0.15, 0.2) is 10.7 Å². The van der Waals surface area contributed by atoms with Crippen molar-refractivity contribution in [3.05, 3.63) is 109 Å². The van der Waals surface area contributed by atoms with Crippen LogP contribution in [0.2, 0.25) is 0 Å². The number of aromatic nitrogens is 1. The summed E-state index contributed by atoms with van der Waals surface area (Å²) in [6.07, 6.45) is 1.71. The van der Waals surface area contributed by atoms with Crippen LogP contribution in [-0.2, 0) is 4.79 Å². The number of methoxy groups -OCH3 is 1. The first-order valence-electron chi connectivity index (χ1n) is 11.7. The molecule has 1 N–H and O–H groups in total. The monoisotopic (exact) mass is 514 g/mol. The molecule has 1 amide bonds. The molecule has 3 heterocycles. The van der Waals surface area contributed by atoms with Crippen LogP contribution in [0.1, 0.15) is 24.3 Å². The van der Waals surface area contributed by atoms with Crippen molar-refractivity contribution in [1.29, 1.82) is 0 Å². The van der Waals surface area contributed by atoms with Crippen molar-refractivity contribution >= 4 is 34.9 Å². The summed E-state index contributed by atoms with van der Waals surface area (Å²) in [5, 5.41) is 2.95. The zero-order valence-corrected chi connectivity index (χ0v) is 21.7. The number of carbonyl (C=O) groups excluding carboxylic acids is 1. The molecule has 0 saturated heterocycles. The third-order valence-corrected chi connectivity index (χ3v) is 7.04. The highest BCUT2D eigenvalue weighted by atomic mass is 32.1. The van der Waals surface area contributed by atoms with Gasteiger partial charge >= 0.3 is 0 Å². The maximum atomic E-state index is 13.7. The molecule has 2 aromatic heterocycles. The van der Waals surface area contributed by atoms with Crippen molar-refractivity contribution in [3.63, 3.8) is 0 Å². The number of para-hydroxylation sites is 1. The van der Waals surface area contributed by atoms with E-state index in [1.54, 1.807) is 24.7 Å². The number of furan rings is 1. The number of rotatable bonds is 6. The first-order chi connectivity index (χ1) is 17.9.